The SMILES string of the molecule is Cc1cc(Br)c2c(C)c(-c3ccccc3)[nH]c2c1NS(C)(=O)=O.Cc1cc(Br)c2c(C)c(-c3ccccc3)[nH]c2c1[N+](=O)[O-].Cc1cc(Br)c2c(C)c(-c3ccccc3)n3c2c1N(S(C)(=O)=O)CCC3.Cc1cc(Br)cc(F)c1[N+](=O)[O-].Cc1cc(Br)cc(NN)c1[N+](=O)[O-].Cc1ccc(-c2cc(C)c3c4c2c(C)c(-c2ccccc2)n4CCCN3S(C)(=O)=O)cc1. The maximum Gasteiger partial charge on any atom is 0.307 e. The van der Waals surface area contributed by atoms with Crippen molar-refractivity contribution in [1.82, 2.24) is 19.1 Å². The molecule has 0 atom stereocenters. The van der Waals surface area contributed by atoms with Crippen LogP contribution in [-0.4, -0.2) is 91.0 Å². The second-order valence-corrected chi connectivity index (χ2v) is 41.3. The molecular formula is C94H92Br5FN12O12S3. The number of halogens is 6. The number of rotatable bonds is 13. The first-order valence-electron chi connectivity index (χ1n) is 39.9. The number of nitrogens with two attached hydrogens (primary N) is 1. The van der Waals surface area contributed by atoms with Crippen LogP contribution in [0.15, 0.2) is 216 Å². The number of nitro benzene ring substituents is 3. The summed E-state index contributed by atoms with van der Waals surface area (Å²) in [5.41, 5.74) is 28.9. The minimum Gasteiger partial charge on any atom is -0.353 e. The van der Waals surface area contributed by atoms with Gasteiger partial charge in [0.1, 0.15) is 11.2 Å². The molecule has 2 aliphatic rings. The van der Waals surface area contributed by atoms with Crippen LogP contribution in [0.1, 0.15) is 74.0 Å². The molecule has 0 radical (unpaired) electrons. The van der Waals surface area contributed by atoms with E-state index in [1.54, 1.807) is 40.7 Å². The number of sulfonamides is 3. The van der Waals surface area contributed by atoms with Crippen molar-refractivity contribution in [3.63, 3.8) is 0 Å². The molecule has 0 saturated heterocycles. The van der Waals surface area contributed by atoms with Crippen molar-refractivity contribution in [3.8, 4) is 56.2 Å². The number of aromatic nitrogens is 4. The Balaban J connectivity index is 0.000000142. The summed E-state index contributed by atoms with van der Waals surface area (Å²) < 4.78 is 101. The number of anilines is 4. The Kier molecular flexibility index (Phi) is 29.2. The zero-order valence-corrected chi connectivity index (χ0v) is 82.2. The van der Waals surface area contributed by atoms with Crippen molar-refractivity contribution >= 4 is 193 Å². The number of benzene rings is 11. The molecule has 6 heterocycles. The number of aryl methyl sites for hydroxylation is 13. The molecule has 0 fully saturated rings. The second kappa shape index (κ2) is 39.0. The van der Waals surface area contributed by atoms with E-state index in [0.29, 0.717) is 51.1 Å². The van der Waals surface area contributed by atoms with Gasteiger partial charge >= 0.3 is 5.69 Å². The van der Waals surface area contributed by atoms with E-state index in [-0.39, 0.29) is 16.3 Å². The lowest BCUT2D eigenvalue weighted by Crippen LogP contribution is -2.31. The third-order valence-corrected chi connectivity index (χ3v) is 27.9. The Morgan fingerprint density at radius 2 is 0.787 bits per heavy atom. The standard InChI is InChI=1S/C27H28N2O2S.C20H21BrN2O2S.C17H17BrN2O2S.C16H13BrN2O2.C7H5BrFNO2.C7H8BrN3O2/c1-18-11-13-21(14-12-18)23-17-19(2)25-27-24(23)20(3)26(22-9-6-5-7-10-22)28(27)15-8-16-29(25)32(4,30)31;1-13-12-16(21)17-14(2)19(15-8-5-4-6-9-15)22-10-7-11-23(26(3,24)25)18(13)20(17)22;1-10-9-13(18)14-11(2)16(12-7-5-4-6-8-12)19-17(14)15(10)20-23(3,21)22;1-9-8-12(17)13-10(2)14(11-6-4-3-5-7-11)18-15(13)16(9)19(20)21;1-4-2-5(8)3-6(9)7(4)10(11)12;1-4-2-5(8)3-6(10-9)7(4)11(12)13/h5-7,9-14,17H,8,15-16H2,1-4H3;4-6,8-9,12H,7,10-11H2,1-3H3;4-9,19-20H,1-3H3;3-8,18H,1-2H3;2-3H,1H3;2-3,10H,9H2,1H3. The Labute approximate surface area is 778 Å². The lowest BCUT2D eigenvalue weighted by molar-refractivity contribution is -0.388. The van der Waals surface area contributed by atoms with Crippen LogP contribution in [-0.2, 0) is 43.2 Å². The summed E-state index contributed by atoms with van der Waals surface area (Å²) >= 11 is 17.1. The molecule has 0 spiro atoms. The number of nitrogens with zero attached hydrogens (tertiary/aromatic N) is 7. The molecule has 24 nitrogen and oxygen atoms in total. The van der Waals surface area contributed by atoms with Gasteiger partial charge in [-0.25, -0.2) is 25.3 Å². The summed E-state index contributed by atoms with van der Waals surface area (Å²) in [5.74, 6) is 4.34. The molecule has 17 rings (SSSR count). The quantitative estimate of drug-likeness (QED) is 0.0407. The summed E-state index contributed by atoms with van der Waals surface area (Å²) in [5, 5.41) is 36.4. The highest BCUT2D eigenvalue weighted by molar-refractivity contribution is 9.11. The highest BCUT2D eigenvalue weighted by Gasteiger charge is 2.34. The third kappa shape index (κ3) is 20.2. The maximum atomic E-state index is 12.9. The minimum atomic E-state index is -3.39. The Bertz CT molecular complexity index is 7180. The Morgan fingerprint density at radius 3 is 1.22 bits per heavy atom. The molecule has 11 aromatic carbocycles. The molecule has 2 aliphatic heterocycles. The van der Waals surface area contributed by atoms with Crippen LogP contribution in [0, 0.1) is 112 Å². The first kappa shape index (κ1) is 95.2. The molecular weight excluding hydrogens is 2000 g/mol. The molecule has 15 aromatic rings. The summed E-state index contributed by atoms with van der Waals surface area (Å²) in [6.45, 7) is 23.8. The number of fused-ring (bicyclic) bond motifs is 2. The van der Waals surface area contributed by atoms with E-state index in [2.05, 4.69) is 196 Å². The van der Waals surface area contributed by atoms with Crippen molar-refractivity contribution in [2.24, 2.45) is 5.84 Å². The molecule has 127 heavy (non-hydrogen) atoms. The first-order chi connectivity index (χ1) is 59.9. The van der Waals surface area contributed by atoms with Crippen LogP contribution >= 0.6 is 79.6 Å². The van der Waals surface area contributed by atoms with Gasteiger partial charge in [-0.2, -0.15) is 4.39 Å². The second-order valence-electron chi connectivity index (χ2n) is 31.3. The van der Waals surface area contributed by atoms with Gasteiger partial charge < -0.3 is 24.5 Å². The molecule has 0 amide bonds. The Morgan fingerprint density at radius 1 is 0.409 bits per heavy atom. The number of hydrogen-bond acceptors (Lipinski definition) is 14. The van der Waals surface area contributed by atoms with Gasteiger partial charge in [-0.15, -0.1) is 0 Å². The van der Waals surface area contributed by atoms with Crippen molar-refractivity contribution in [3.05, 3.63) is 314 Å². The van der Waals surface area contributed by atoms with Gasteiger partial charge in [0.25, 0.3) is 11.4 Å². The van der Waals surface area contributed by atoms with Crippen LogP contribution in [0.4, 0.5) is 44.2 Å². The number of aromatic amines is 2. The maximum absolute atomic E-state index is 12.9. The van der Waals surface area contributed by atoms with Gasteiger partial charge in [-0.05, 0) is 210 Å². The van der Waals surface area contributed by atoms with Gasteiger partial charge in [0, 0.05) is 98.2 Å². The fourth-order valence-electron chi connectivity index (χ4n) is 16.8. The Hall–Kier alpha value is -10.9. The largest absolute Gasteiger partial charge is 0.353 e. The zero-order valence-electron chi connectivity index (χ0n) is 71.8. The van der Waals surface area contributed by atoms with Crippen LogP contribution < -0.4 is 24.6 Å². The van der Waals surface area contributed by atoms with Crippen LogP contribution in [0.5, 0.6) is 0 Å². The van der Waals surface area contributed by atoms with Crippen molar-refractivity contribution < 1.29 is 44.4 Å². The summed E-state index contributed by atoms with van der Waals surface area (Å²) in [6.07, 6.45) is 5.32. The van der Waals surface area contributed by atoms with E-state index in [0.717, 1.165) is 178 Å². The molecule has 0 unspecified atom stereocenters. The highest BCUT2D eigenvalue weighted by atomic mass is 79.9. The molecule has 0 saturated carbocycles. The summed E-state index contributed by atoms with van der Waals surface area (Å²) in [7, 11) is -10.1. The average molecular weight is 2100 g/mol. The van der Waals surface area contributed by atoms with E-state index in [4.69, 9.17) is 5.84 Å². The molecule has 660 valence electrons. The van der Waals surface area contributed by atoms with Gasteiger partial charge in [0.15, 0.2) is 0 Å². The van der Waals surface area contributed by atoms with E-state index >= 15 is 0 Å². The number of hydrazine groups is 1. The lowest BCUT2D eigenvalue weighted by Gasteiger charge is -2.24. The first-order valence-corrected chi connectivity index (χ1v) is 49.5. The number of nitrogens with one attached hydrogen (secondary N) is 4. The smallest absolute Gasteiger partial charge is 0.307 e. The normalized spacial score (nSPS) is 12.4. The van der Waals surface area contributed by atoms with Gasteiger partial charge in [-0.3, -0.25) is 49.5 Å². The average Bonchev–Trinajstić information content (AvgIpc) is 1.60. The van der Waals surface area contributed by atoms with Crippen molar-refractivity contribution in [2.45, 2.75) is 102 Å². The van der Waals surface area contributed by atoms with Crippen LogP contribution in [0.3, 0.4) is 0 Å². The van der Waals surface area contributed by atoms with Gasteiger partial charge in [0.05, 0.1) is 78.5 Å². The number of nitrogen functional groups attached to an aromatic ring is 1. The number of hydrogen-bond donors (Lipinski definition) is 5. The lowest BCUT2D eigenvalue weighted by atomic mass is 9.94. The number of nitro groups is 3. The van der Waals surface area contributed by atoms with E-state index in [1.165, 1.54) is 53.6 Å². The predicted molar refractivity (Wildman–Crippen MR) is 531 cm³/mol. The van der Waals surface area contributed by atoms with E-state index < -0.39 is 51.4 Å². The molecule has 6 N–H and O–H groups in total. The van der Waals surface area contributed by atoms with E-state index in [9.17, 15) is 60.0 Å². The molecule has 0 aliphatic carbocycles. The highest BCUT2D eigenvalue weighted by Crippen LogP contribution is 2.50. The van der Waals surface area contributed by atoms with Crippen LogP contribution in [0.25, 0.3) is 99.8 Å². The van der Waals surface area contributed by atoms with Crippen molar-refractivity contribution in [2.75, 3.05) is 50.6 Å². The summed E-state index contributed by atoms with van der Waals surface area (Å²) in [4.78, 5) is 37.4. The molecule has 4 aromatic heterocycles. The number of H-pyrrole nitrogens is 2. The fourth-order valence-corrected chi connectivity index (χ4v) is 23.1. The minimum absolute atomic E-state index is 0.00528. The van der Waals surface area contributed by atoms with E-state index in [1.807, 2.05) is 132 Å². The van der Waals surface area contributed by atoms with Gasteiger partial charge in [-0.1, -0.05) is 231 Å². The topological polar surface area (TPSA) is 330 Å². The monoisotopic (exact) mass is 2090 g/mol. The fraction of sp³-hybridized carbons (Fsp3) is 0.213. The third-order valence-electron chi connectivity index (χ3n) is 22.2. The molecule has 0 bridgehead atoms. The van der Waals surface area contributed by atoms with Crippen LogP contribution in [0.2, 0.25) is 0 Å². The summed E-state index contributed by atoms with van der Waals surface area (Å²) in [6, 6.07) is 62.9. The predicted octanol–water partition coefficient (Wildman–Crippen LogP) is 25.4. The molecule has 33 heteroatoms. The van der Waals surface area contributed by atoms with Gasteiger partial charge in [0.2, 0.25) is 35.9 Å². The zero-order chi connectivity index (χ0) is 92.5. The van der Waals surface area contributed by atoms with Crippen molar-refractivity contribution in [1.29, 1.82) is 0 Å².